The summed E-state index contributed by atoms with van der Waals surface area (Å²) in [7, 11) is 0. The van der Waals surface area contributed by atoms with Crippen LogP contribution in [0.5, 0.6) is 5.75 Å². The van der Waals surface area contributed by atoms with Crippen molar-refractivity contribution in [3.8, 4) is 5.75 Å². The second-order valence-electron chi connectivity index (χ2n) is 7.54. The number of esters is 1. The number of aryl methyl sites for hydroxylation is 1. The first-order chi connectivity index (χ1) is 16.9. The van der Waals surface area contributed by atoms with Gasteiger partial charge in [-0.1, -0.05) is 72.3 Å². The first kappa shape index (κ1) is 23.7. The molecule has 0 aliphatic rings. The van der Waals surface area contributed by atoms with Crippen LogP contribution in [0.3, 0.4) is 0 Å². The number of para-hydroxylation sites is 1. The molecular weight excluding hydrogens is 466 g/mol. The van der Waals surface area contributed by atoms with Gasteiger partial charge in [0, 0.05) is 11.3 Å². The molecule has 2 amide bonds. The Morgan fingerprint density at radius 2 is 1.57 bits per heavy atom. The van der Waals surface area contributed by atoms with E-state index in [0.29, 0.717) is 11.3 Å². The molecule has 174 valence electrons. The lowest BCUT2D eigenvalue weighted by Crippen LogP contribution is -2.32. The molecule has 0 saturated carbocycles. The van der Waals surface area contributed by atoms with E-state index in [1.807, 2.05) is 43.3 Å². The van der Waals surface area contributed by atoms with Crippen molar-refractivity contribution < 1.29 is 19.1 Å². The summed E-state index contributed by atoms with van der Waals surface area (Å²) >= 11 is 6.12. The lowest BCUT2D eigenvalue weighted by Gasteiger charge is -2.11. The highest BCUT2D eigenvalue weighted by atomic mass is 35.5. The Bertz CT molecular complexity index is 1470. The van der Waals surface area contributed by atoms with Crippen LogP contribution in [0.1, 0.15) is 21.5 Å². The molecule has 0 aliphatic carbocycles. The lowest BCUT2D eigenvalue weighted by atomic mass is 10.0. The van der Waals surface area contributed by atoms with Gasteiger partial charge in [-0.2, -0.15) is 5.10 Å². The number of hydrogen-bond donors (Lipinski definition) is 2. The third kappa shape index (κ3) is 5.54. The maximum atomic E-state index is 12.7. The van der Waals surface area contributed by atoms with Gasteiger partial charge in [0.2, 0.25) is 0 Å². The van der Waals surface area contributed by atoms with Crippen molar-refractivity contribution in [3.05, 3.63) is 107 Å². The number of carbonyl (C=O) groups excluding carboxylic acids is 3. The Hall–Kier alpha value is -4.49. The largest absolute Gasteiger partial charge is 0.422 e. The Balaban J connectivity index is 1.56. The van der Waals surface area contributed by atoms with Gasteiger partial charge in [-0.15, -0.1) is 0 Å². The molecule has 0 spiro atoms. The van der Waals surface area contributed by atoms with E-state index in [-0.39, 0.29) is 16.3 Å². The normalized spacial score (nSPS) is 10.8. The van der Waals surface area contributed by atoms with Gasteiger partial charge in [0.25, 0.3) is 0 Å². The van der Waals surface area contributed by atoms with E-state index >= 15 is 0 Å². The van der Waals surface area contributed by atoms with E-state index < -0.39 is 17.8 Å². The Morgan fingerprint density at radius 1 is 0.857 bits per heavy atom. The summed E-state index contributed by atoms with van der Waals surface area (Å²) in [6.07, 6.45) is 1.33. The van der Waals surface area contributed by atoms with Crippen molar-refractivity contribution >= 4 is 52.1 Å². The summed E-state index contributed by atoms with van der Waals surface area (Å²) in [6, 6.07) is 24.5. The second kappa shape index (κ2) is 10.6. The van der Waals surface area contributed by atoms with Crippen molar-refractivity contribution in [1.82, 2.24) is 5.43 Å². The Morgan fingerprint density at radius 3 is 2.37 bits per heavy atom. The van der Waals surface area contributed by atoms with Crippen LogP contribution in [0.2, 0.25) is 5.02 Å². The topological polar surface area (TPSA) is 96.9 Å². The van der Waals surface area contributed by atoms with Gasteiger partial charge in [0.15, 0.2) is 0 Å². The number of carbonyl (C=O) groups is 3. The molecule has 0 radical (unpaired) electrons. The van der Waals surface area contributed by atoms with Gasteiger partial charge in [0.1, 0.15) is 5.75 Å². The minimum Gasteiger partial charge on any atom is -0.422 e. The van der Waals surface area contributed by atoms with E-state index in [0.717, 1.165) is 16.3 Å². The number of rotatable bonds is 5. The lowest BCUT2D eigenvalue weighted by molar-refractivity contribution is -0.136. The molecule has 0 bridgehead atoms. The smallest absolute Gasteiger partial charge is 0.345 e. The van der Waals surface area contributed by atoms with Crippen molar-refractivity contribution in [2.75, 3.05) is 5.32 Å². The van der Waals surface area contributed by atoms with Gasteiger partial charge >= 0.3 is 17.8 Å². The fraction of sp³-hybridized carbons (Fsp3) is 0.0370. The molecule has 0 unspecified atom stereocenters. The van der Waals surface area contributed by atoms with Crippen LogP contribution in [-0.2, 0) is 9.59 Å². The summed E-state index contributed by atoms with van der Waals surface area (Å²) in [4.78, 5) is 37.2. The summed E-state index contributed by atoms with van der Waals surface area (Å²) in [5.41, 5.74) is 4.22. The number of ether oxygens (including phenoxy) is 1. The van der Waals surface area contributed by atoms with Gasteiger partial charge in [-0.05, 0) is 47.5 Å². The molecule has 4 aromatic rings. The van der Waals surface area contributed by atoms with E-state index in [2.05, 4.69) is 15.8 Å². The highest BCUT2D eigenvalue weighted by Crippen LogP contribution is 2.28. The fourth-order valence-corrected chi connectivity index (χ4v) is 3.59. The van der Waals surface area contributed by atoms with Crippen LogP contribution < -0.4 is 15.5 Å². The molecular formula is C27H20ClN3O4. The van der Waals surface area contributed by atoms with Crippen LogP contribution in [-0.4, -0.2) is 24.0 Å². The Kier molecular flexibility index (Phi) is 7.18. The molecule has 4 rings (SSSR count). The summed E-state index contributed by atoms with van der Waals surface area (Å²) in [6.45, 7) is 1.82. The predicted octanol–water partition coefficient (Wildman–Crippen LogP) is 5.11. The summed E-state index contributed by atoms with van der Waals surface area (Å²) in [5, 5.41) is 8.35. The van der Waals surface area contributed by atoms with Gasteiger partial charge in [-0.3, -0.25) is 9.59 Å². The number of fused-ring (bicyclic) bond motifs is 1. The molecule has 0 saturated heterocycles. The number of anilines is 1. The molecule has 0 aliphatic heterocycles. The molecule has 7 nitrogen and oxygen atoms in total. The monoisotopic (exact) mass is 485 g/mol. The van der Waals surface area contributed by atoms with Gasteiger partial charge in [-0.25, -0.2) is 10.2 Å². The quantitative estimate of drug-likeness (QED) is 0.135. The zero-order valence-electron chi connectivity index (χ0n) is 18.6. The highest BCUT2D eigenvalue weighted by molar-refractivity contribution is 6.39. The van der Waals surface area contributed by atoms with Crippen molar-refractivity contribution in [2.24, 2.45) is 5.10 Å². The first-order valence-corrected chi connectivity index (χ1v) is 11.0. The number of nitrogens with zero attached hydrogens (tertiary/aromatic N) is 1. The molecule has 0 atom stereocenters. The minimum atomic E-state index is -0.945. The maximum Gasteiger partial charge on any atom is 0.345 e. The van der Waals surface area contributed by atoms with Crippen LogP contribution in [0.4, 0.5) is 5.69 Å². The molecule has 0 aromatic heterocycles. The molecule has 2 N–H and O–H groups in total. The van der Waals surface area contributed by atoms with Crippen LogP contribution in [0.25, 0.3) is 10.8 Å². The van der Waals surface area contributed by atoms with E-state index in [1.165, 1.54) is 6.21 Å². The number of hydrogen-bond acceptors (Lipinski definition) is 5. The maximum absolute atomic E-state index is 12.7. The van der Waals surface area contributed by atoms with Crippen molar-refractivity contribution in [2.45, 2.75) is 6.92 Å². The standard InChI is InChI=1S/C27H20ClN3O4/c1-17-8-2-7-13-23(17)30-25(32)26(33)31-29-16-21-19-10-4-3-9-18(19)14-15-24(21)35-27(34)20-11-5-6-12-22(20)28/h2-16H,1H3,(H,30,32)(H,31,33). The molecule has 0 heterocycles. The zero-order chi connectivity index (χ0) is 24.8. The Labute approximate surface area is 206 Å². The van der Waals surface area contributed by atoms with E-state index in [9.17, 15) is 14.4 Å². The van der Waals surface area contributed by atoms with Gasteiger partial charge in [0.05, 0.1) is 16.8 Å². The van der Waals surface area contributed by atoms with Crippen LogP contribution in [0.15, 0.2) is 90.0 Å². The third-order valence-corrected chi connectivity index (χ3v) is 5.52. The minimum absolute atomic E-state index is 0.214. The average molecular weight is 486 g/mol. The third-order valence-electron chi connectivity index (χ3n) is 5.19. The summed E-state index contributed by atoms with van der Waals surface area (Å²) in [5.74, 6) is -2.22. The number of benzene rings is 4. The molecule has 4 aromatic carbocycles. The predicted molar refractivity (Wildman–Crippen MR) is 136 cm³/mol. The number of hydrazone groups is 1. The zero-order valence-corrected chi connectivity index (χ0v) is 19.4. The SMILES string of the molecule is Cc1ccccc1NC(=O)C(=O)NN=Cc1c(OC(=O)c2ccccc2Cl)ccc2ccccc12. The molecule has 35 heavy (non-hydrogen) atoms. The first-order valence-electron chi connectivity index (χ1n) is 10.6. The number of amides is 2. The van der Waals surface area contributed by atoms with Crippen molar-refractivity contribution in [1.29, 1.82) is 0 Å². The fourth-order valence-electron chi connectivity index (χ4n) is 3.38. The second-order valence-corrected chi connectivity index (χ2v) is 7.94. The van der Waals surface area contributed by atoms with E-state index in [4.69, 9.17) is 16.3 Å². The highest BCUT2D eigenvalue weighted by Gasteiger charge is 2.17. The van der Waals surface area contributed by atoms with Crippen LogP contribution >= 0.6 is 11.6 Å². The van der Waals surface area contributed by atoms with Crippen LogP contribution in [0, 0.1) is 6.92 Å². The molecule has 8 heteroatoms. The van der Waals surface area contributed by atoms with E-state index in [1.54, 1.807) is 48.5 Å². The molecule has 0 fully saturated rings. The van der Waals surface area contributed by atoms with Gasteiger partial charge < -0.3 is 10.1 Å². The van der Waals surface area contributed by atoms with Crippen molar-refractivity contribution in [3.63, 3.8) is 0 Å². The number of halogens is 1. The number of nitrogens with one attached hydrogen (secondary N) is 2. The average Bonchev–Trinajstić information content (AvgIpc) is 2.86. The summed E-state index contributed by atoms with van der Waals surface area (Å²) < 4.78 is 5.61.